The molecule has 0 radical (unpaired) electrons. The number of hydrogen-bond donors (Lipinski definition) is 1. The fourth-order valence-corrected chi connectivity index (χ4v) is 2.61. The summed E-state index contributed by atoms with van der Waals surface area (Å²) in [6.07, 6.45) is 5.71. The van der Waals surface area contributed by atoms with Gasteiger partial charge in [0.05, 0.1) is 0 Å². The minimum atomic E-state index is 0.227. The second kappa shape index (κ2) is 6.25. The second-order valence-electron chi connectivity index (χ2n) is 6.12. The van der Waals surface area contributed by atoms with Gasteiger partial charge in [-0.3, -0.25) is 0 Å². The van der Waals surface area contributed by atoms with E-state index in [0.29, 0.717) is 0 Å². The van der Waals surface area contributed by atoms with E-state index in [1.807, 2.05) is 0 Å². The Hall–Kier alpha value is -1.28. The Bertz CT molecular complexity index is 523. The molecule has 1 unspecified atom stereocenters. The van der Waals surface area contributed by atoms with E-state index in [0.717, 1.165) is 18.9 Å². The Morgan fingerprint density at radius 1 is 1.16 bits per heavy atom. The van der Waals surface area contributed by atoms with Gasteiger partial charge in [0.1, 0.15) is 0 Å². The Balaban J connectivity index is 2.10. The molecule has 1 atom stereocenters. The third-order valence-electron chi connectivity index (χ3n) is 3.57. The molecule has 2 nitrogen and oxygen atoms in total. The molecule has 104 valence electrons. The zero-order valence-electron chi connectivity index (χ0n) is 12.4. The van der Waals surface area contributed by atoms with E-state index < -0.39 is 0 Å². The minimum Gasteiger partial charge on any atom is -0.347 e. The van der Waals surface area contributed by atoms with E-state index in [9.17, 15) is 0 Å². The molecule has 0 aliphatic rings. The Kier molecular flexibility index (Phi) is 4.65. The first-order valence-electron chi connectivity index (χ1n) is 7.39. The number of aromatic nitrogens is 1. The van der Waals surface area contributed by atoms with E-state index in [-0.39, 0.29) is 6.04 Å². The van der Waals surface area contributed by atoms with Crippen LogP contribution in [0.15, 0.2) is 30.5 Å². The van der Waals surface area contributed by atoms with Crippen LogP contribution in [0, 0.1) is 5.92 Å². The average molecular weight is 258 g/mol. The molecule has 0 spiro atoms. The van der Waals surface area contributed by atoms with E-state index in [1.165, 1.54) is 29.3 Å². The Morgan fingerprint density at radius 2 is 1.95 bits per heavy atom. The van der Waals surface area contributed by atoms with Crippen LogP contribution in [-0.4, -0.2) is 10.6 Å². The van der Waals surface area contributed by atoms with Crippen LogP contribution in [0.1, 0.15) is 39.2 Å². The summed E-state index contributed by atoms with van der Waals surface area (Å²) >= 11 is 0. The summed E-state index contributed by atoms with van der Waals surface area (Å²) in [6, 6.07) is 9.17. The van der Waals surface area contributed by atoms with Crippen LogP contribution in [0.4, 0.5) is 0 Å². The SMILES string of the molecule is CC(C)CCCn1ccc2cc(CC(C)N)ccc21. The van der Waals surface area contributed by atoms with Gasteiger partial charge in [-0.15, -0.1) is 0 Å². The number of rotatable bonds is 6. The number of benzene rings is 1. The maximum atomic E-state index is 5.86. The normalized spacial score (nSPS) is 13.3. The van der Waals surface area contributed by atoms with Crippen molar-refractivity contribution in [3.8, 4) is 0 Å². The van der Waals surface area contributed by atoms with Gasteiger partial charge in [0.15, 0.2) is 0 Å². The average Bonchev–Trinajstić information content (AvgIpc) is 2.70. The molecule has 0 saturated carbocycles. The van der Waals surface area contributed by atoms with Crippen LogP contribution in [0.3, 0.4) is 0 Å². The van der Waals surface area contributed by atoms with Crippen LogP contribution in [-0.2, 0) is 13.0 Å². The first-order chi connectivity index (χ1) is 9.06. The number of aryl methyl sites for hydroxylation is 1. The van der Waals surface area contributed by atoms with Gasteiger partial charge in [0.2, 0.25) is 0 Å². The molecular weight excluding hydrogens is 232 g/mol. The lowest BCUT2D eigenvalue weighted by atomic mass is 10.1. The summed E-state index contributed by atoms with van der Waals surface area (Å²) in [5, 5.41) is 1.34. The largest absolute Gasteiger partial charge is 0.347 e. The highest BCUT2D eigenvalue weighted by molar-refractivity contribution is 5.80. The van der Waals surface area contributed by atoms with E-state index in [4.69, 9.17) is 5.73 Å². The number of nitrogens with two attached hydrogens (primary N) is 1. The molecule has 1 aromatic carbocycles. The Morgan fingerprint density at radius 3 is 2.63 bits per heavy atom. The van der Waals surface area contributed by atoms with Crippen molar-refractivity contribution in [1.29, 1.82) is 0 Å². The topological polar surface area (TPSA) is 30.9 Å². The molecule has 0 bridgehead atoms. The zero-order valence-corrected chi connectivity index (χ0v) is 12.4. The smallest absolute Gasteiger partial charge is 0.0480 e. The summed E-state index contributed by atoms with van der Waals surface area (Å²) in [6.45, 7) is 7.75. The highest BCUT2D eigenvalue weighted by atomic mass is 14.9. The summed E-state index contributed by atoms with van der Waals surface area (Å²) in [7, 11) is 0. The second-order valence-corrected chi connectivity index (χ2v) is 6.12. The van der Waals surface area contributed by atoms with Gasteiger partial charge in [-0.05, 0) is 61.3 Å². The maximum absolute atomic E-state index is 5.86. The predicted octanol–water partition coefficient (Wildman–Crippen LogP) is 3.97. The van der Waals surface area contributed by atoms with Crippen LogP contribution >= 0.6 is 0 Å². The maximum Gasteiger partial charge on any atom is 0.0480 e. The van der Waals surface area contributed by atoms with Gasteiger partial charge >= 0.3 is 0 Å². The molecule has 0 aliphatic carbocycles. The van der Waals surface area contributed by atoms with Gasteiger partial charge in [-0.1, -0.05) is 19.9 Å². The van der Waals surface area contributed by atoms with Crippen molar-refractivity contribution in [3.05, 3.63) is 36.0 Å². The van der Waals surface area contributed by atoms with Crippen molar-refractivity contribution in [2.75, 3.05) is 0 Å². The van der Waals surface area contributed by atoms with Crippen molar-refractivity contribution < 1.29 is 0 Å². The number of hydrogen-bond acceptors (Lipinski definition) is 1. The lowest BCUT2D eigenvalue weighted by Crippen LogP contribution is -2.17. The number of nitrogens with zero attached hydrogens (tertiary/aromatic N) is 1. The molecule has 0 fully saturated rings. The van der Waals surface area contributed by atoms with Gasteiger partial charge in [-0.2, -0.15) is 0 Å². The van der Waals surface area contributed by atoms with E-state index >= 15 is 0 Å². The van der Waals surface area contributed by atoms with Crippen molar-refractivity contribution in [2.45, 2.75) is 52.6 Å². The van der Waals surface area contributed by atoms with Crippen LogP contribution in [0.5, 0.6) is 0 Å². The molecule has 0 aliphatic heterocycles. The highest BCUT2D eigenvalue weighted by Crippen LogP contribution is 2.19. The van der Waals surface area contributed by atoms with Gasteiger partial charge in [0.25, 0.3) is 0 Å². The molecule has 0 amide bonds. The standard InChI is InChI=1S/C17H26N2/c1-13(2)5-4-9-19-10-8-16-12-15(11-14(3)18)6-7-17(16)19/h6-8,10,12-14H,4-5,9,11,18H2,1-3H3. The first kappa shape index (κ1) is 14.1. The molecule has 1 heterocycles. The third-order valence-corrected chi connectivity index (χ3v) is 3.57. The van der Waals surface area contributed by atoms with Gasteiger partial charge < -0.3 is 10.3 Å². The molecule has 2 N–H and O–H groups in total. The quantitative estimate of drug-likeness (QED) is 0.835. The van der Waals surface area contributed by atoms with Crippen LogP contribution in [0.25, 0.3) is 10.9 Å². The molecule has 2 heteroatoms. The highest BCUT2D eigenvalue weighted by Gasteiger charge is 2.04. The van der Waals surface area contributed by atoms with Gasteiger partial charge in [-0.25, -0.2) is 0 Å². The molecule has 2 rings (SSSR count). The molecule has 2 aromatic rings. The summed E-state index contributed by atoms with van der Waals surface area (Å²) in [5.41, 5.74) is 8.54. The number of fused-ring (bicyclic) bond motifs is 1. The van der Waals surface area contributed by atoms with Crippen molar-refractivity contribution in [2.24, 2.45) is 11.7 Å². The predicted molar refractivity (Wildman–Crippen MR) is 83.4 cm³/mol. The van der Waals surface area contributed by atoms with E-state index in [1.54, 1.807) is 0 Å². The molecular formula is C17H26N2. The van der Waals surface area contributed by atoms with Crippen molar-refractivity contribution in [1.82, 2.24) is 4.57 Å². The Labute approximate surface area is 116 Å². The zero-order chi connectivity index (χ0) is 13.8. The molecule has 19 heavy (non-hydrogen) atoms. The monoisotopic (exact) mass is 258 g/mol. The van der Waals surface area contributed by atoms with Crippen LogP contribution < -0.4 is 5.73 Å². The lowest BCUT2D eigenvalue weighted by Gasteiger charge is -2.09. The third kappa shape index (κ3) is 3.84. The van der Waals surface area contributed by atoms with Crippen molar-refractivity contribution in [3.63, 3.8) is 0 Å². The summed E-state index contributed by atoms with van der Waals surface area (Å²) < 4.78 is 2.37. The molecule has 0 saturated heterocycles. The lowest BCUT2D eigenvalue weighted by molar-refractivity contribution is 0.518. The molecule has 1 aromatic heterocycles. The fourth-order valence-electron chi connectivity index (χ4n) is 2.61. The minimum absolute atomic E-state index is 0.227. The van der Waals surface area contributed by atoms with Crippen molar-refractivity contribution >= 4 is 10.9 Å². The first-order valence-corrected chi connectivity index (χ1v) is 7.39. The van der Waals surface area contributed by atoms with E-state index in [2.05, 4.69) is 55.8 Å². The van der Waals surface area contributed by atoms with Gasteiger partial charge in [0, 0.05) is 24.3 Å². The summed E-state index contributed by atoms with van der Waals surface area (Å²) in [4.78, 5) is 0. The van der Waals surface area contributed by atoms with Crippen LogP contribution in [0.2, 0.25) is 0 Å². The summed E-state index contributed by atoms with van der Waals surface area (Å²) in [5.74, 6) is 0.791. The fraction of sp³-hybridized carbons (Fsp3) is 0.529.